The fraction of sp³-hybridized carbons (Fsp3) is 0.600. The number of nitrogens with zero attached hydrogens (tertiary/aromatic N) is 2. The van der Waals surface area contributed by atoms with E-state index in [1.807, 2.05) is 42.2 Å². The molecule has 2 aliphatic heterocycles. The summed E-state index contributed by atoms with van der Waals surface area (Å²) in [6, 6.07) is 9.57. The molecule has 0 saturated carbocycles. The lowest BCUT2D eigenvalue weighted by molar-refractivity contribution is -0.144. The fourth-order valence-corrected chi connectivity index (χ4v) is 4.04. The lowest BCUT2D eigenvalue weighted by Crippen LogP contribution is -2.52. The zero-order chi connectivity index (χ0) is 17.8. The zero-order valence-corrected chi connectivity index (χ0v) is 15.1. The summed E-state index contributed by atoms with van der Waals surface area (Å²) in [6.45, 7) is 4.23. The number of nitrogens with two attached hydrogens (primary N) is 1. The van der Waals surface area contributed by atoms with Gasteiger partial charge in [0.05, 0.1) is 6.42 Å². The van der Waals surface area contributed by atoms with E-state index in [1.54, 1.807) is 4.90 Å². The molecule has 2 N–H and O–H groups in total. The molecular formula is C20H29N3O2. The number of hydrogen-bond donors (Lipinski definition) is 1. The Balaban J connectivity index is 1.64. The molecule has 2 heterocycles. The first-order valence-corrected chi connectivity index (χ1v) is 9.44. The number of piperidine rings is 1. The van der Waals surface area contributed by atoms with Crippen LogP contribution >= 0.6 is 0 Å². The average Bonchev–Trinajstić information content (AvgIpc) is 3.12. The van der Waals surface area contributed by atoms with Crippen LogP contribution in [0.1, 0.15) is 38.2 Å². The molecule has 2 saturated heterocycles. The van der Waals surface area contributed by atoms with Gasteiger partial charge in [0.2, 0.25) is 11.8 Å². The Bertz CT molecular complexity index is 602. The summed E-state index contributed by atoms with van der Waals surface area (Å²) in [5.74, 6) is 0.541. The van der Waals surface area contributed by atoms with Crippen LogP contribution in [0.3, 0.4) is 0 Å². The first-order chi connectivity index (χ1) is 12.1. The summed E-state index contributed by atoms with van der Waals surface area (Å²) < 4.78 is 0. The van der Waals surface area contributed by atoms with Gasteiger partial charge in [0, 0.05) is 25.7 Å². The third kappa shape index (κ3) is 4.21. The molecule has 0 bridgehead atoms. The first kappa shape index (κ1) is 17.9. The Hall–Kier alpha value is -1.88. The number of rotatable bonds is 4. The van der Waals surface area contributed by atoms with Crippen LogP contribution in [0, 0.1) is 5.92 Å². The predicted octanol–water partition coefficient (Wildman–Crippen LogP) is 1.81. The number of likely N-dealkylation sites (tertiary alicyclic amines) is 2. The lowest BCUT2D eigenvalue weighted by atomic mass is 9.91. The van der Waals surface area contributed by atoms with Gasteiger partial charge >= 0.3 is 0 Å². The molecule has 1 aromatic rings. The Morgan fingerprint density at radius 2 is 1.88 bits per heavy atom. The highest BCUT2D eigenvalue weighted by atomic mass is 16.2. The van der Waals surface area contributed by atoms with Crippen molar-refractivity contribution in [3.8, 4) is 0 Å². The highest BCUT2D eigenvalue weighted by Crippen LogP contribution is 2.25. The van der Waals surface area contributed by atoms with Gasteiger partial charge in [0.1, 0.15) is 6.04 Å². The van der Waals surface area contributed by atoms with Crippen LogP contribution < -0.4 is 5.73 Å². The van der Waals surface area contributed by atoms with Gasteiger partial charge in [-0.2, -0.15) is 0 Å². The molecule has 0 spiro atoms. The van der Waals surface area contributed by atoms with E-state index in [9.17, 15) is 9.59 Å². The van der Waals surface area contributed by atoms with Gasteiger partial charge in [-0.3, -0.25) is 9.59 Å². The van der Waals surface area contributed by atoms with Crippen molar-refractivity contribution in [1.82, 2.24) is 9.80 Å². The quantitative estimate of drug-likeness (QED) is 0.907. The van der Waals surface area contributed by atoms with E-state index < -0.39 is 0 Å². The summed E-state index contributed by atoms with van der Waals surface area (Å²) in [6.07, 6.45) is 4.14. The van der Waals surface area contributed by atoms with Crippen molar-refractivity contribution in [2.24, 2.45) is 11.7 Å². The minimum Gasteiger partial charge on any atom is -0.341 e. The normalized spacial score (nSPS) is 25.0. The number of carbonyl (C=O) groups is 2. The van der Waals surface area contributed by atoms with Crippen molar-refractivity contribution >= 4 is 11.8 Å². The molecule has 0 aromatic heterocycles. The van der Waals surface area contributed by atoms with E-state index in [0.717, 1.165) is 44.3 Å². The molecule has 3 unspecified atom stereocenters. The fourth-order valence-electron chi connectivity index (χ4n) is 4.04. The number of hydrogen-bond acceptors (Lipinski definition) is 3. The van der Waals surface area contributed by atoms with Gasteiger partial charge in [-0.15, -0.1) is 0 Å². The van der Waals surface area contributed by atoms with Crippen molar-refractivity contribution in [3.05, 3.63) is 35.9 Å². The zero-order valence-electron chi connectivity index (χ0n) is 15.1. The molecule has 1 aromatic carbocycles. The second kappa shape index (κ2) is 8.00. The van der Waals surface area contributed by atoms with E-state index in [4.69, 9.17) is 5.73 Å². The number of carbonyl (C=O) groups excluding carboxylic acids is 2. The average molecular weight is 343 g/mol. The Labute approximate surface area is 150 Å². The molecule has 136 valence electrons. The smallest absolute Gasteiger partial charge is 0.245 e. The Morgan fingerprint density at radius 3 is 2.60 bits per heavy atom. The number of benzene rings is 1. The highest BCUT2D eigenvalue weighted by Gasteiger charge is 2.38. The molecule has 3 rings (SSSR count). The topological polar surface area (TPSA) is 66.6 Å². The molecule has 0 radical (unpaired) electrons. The lowest BCUT2D eigenvalue weighted by Gasteiger charge is -2.37. The molecule has 2 fully saturated rings. The molecule has 3 atom stereocenters. The second-order valence-corrected chi connectivity index (χ2v) is 7.45. The van der Waals surface area contributed by atoms with Gasteiger partial charge in [0.25, 0.3) is 0 Å². The third-order valence-electron chi connectivity index (χ3n) is 5.57. The van der Waals surface area contributed by atoms with E-state index in [0.29, 0.717) is 18.9 Å². The van der Waals surface area contributed by atoms with Crippen molar-refractivity contribution in [2.75, 3.05) is 19.6 Å². The third-order valence-corrected chi connectivity index (χ3v) is 5.57. The van der Waals surface area contributed by atoms with Crippen LogP contribution in [0.25, 0.3) is 0 Å². The highest BCUT2D eigenvalue weighted by molar-refractivity contribution is 5.89. The maximum absolute atomic E-state index is 13.0. The summed E-state index contributed by atoms with van der Waals surface area (Å²) in [4.78, 5) is 29.5. The molecular weight excluding hydrogens is 314 g/mol. The molecule has 0 aliphatic carbocycles. The van der Waals surface area contributed by atoms with Crippen LogP contribution in [0.15, 0.2) is 30.3 Å². The monoisotopic (exact) mass is 343 g/mol. The molecule has 2 amide bonds. The standard InChI is InChI=1S/C20H29N3O2/c1-15(21)17-9-5-11-22(14-17)20(25)18-10-6-12-23(18)19(24)13-16-7-3-2-4-8-16/h2-4,7-8,15,17-18H,5-6,9-14,21H2,1H3. The summed E-state index contributed by atoms with van der Waals surface area (Å²) in [7, 11) is 0. The van der Waals surface area contributed by atoms with Gasteiger partial charge in [-0.25, -0.2) is 0 Å². The van der Waals surface area contributed by atoms with Gasteiger partial charge in [-0.1, -0.05) is 30.3 Å². The summed E-state index contributed by atoms with van der Waals surface area (Å²) in [5.41, 5.74) is 7.04. The maximum Gasteiger partial charge on any atom is 0.245 e. The van der Waals surface area contributed by atoms with Gasteiger partial charge in [-0.05, 0) is 44.1 Å². The second-order valence-electron chi connectivity index (χ2n) is 7.45. The molecule has 5 nitrogen and oxygen atoms in total. The van der Waals surface area contributed by atoms with Crippen LogP contribution in [-0.2, 0) is 16.0 Å². The van der Waals surface area contributed by atoms with Crippen molar-refractivity contribution in [3.63, 3.8) is 0 Å². The van der Waals surface area contributed by atoms with Crippen molar-refractivity contribution in [2.45, 2.75) is 51.1 Å². The van der Waals surface area contributed by atoms with Crippen molar-refractivity contribution in [1.29, 1.82) is 0 Å². The van der Waals surface area contributed by atoms with E-state index in [-0.39, 0.29) is 23.9 Å². The van der Waals surface area contributed by atoms with E-state index in [1.165, 1.54) is 0 Å². The minimum atomic E-state index is -0.289. The molecule has 5 heteroatoms. The molecule has 25 heavy (non-hydrogen) atoms. The Kier molecular flexibility index (Phi) is 5.74. The number of amides is 2. The Morgan fingerprint density at radius 1 is 1.16 bits per heavy atom. The van der Waals surface area contributed by atoms with E-state index >= 15 is 0 Å². The SMILES string of the molecule is CC(N)C1CCCN(C(=O)C2CCCN2C(=O)Cc2ccccc2)C1. The molecule has 2 aliphatic rings. The minimum absolute atomic E-state index is 0.0582. The van der Waals surface area contributed by atoms with Gasteiger partial charge < -0.3 is 15.5 Å². The van der Waals surface area contributed by atoms with Crippen LogP contribution in [0.5, 0.6) is 0 Å². The van der Waals surface area contributed by atoms with Crippen LogP contribution in [-0.4, -0.2) is 53.3 Å². The van der Waals surface area contributed by atoms with Crippen molar-refractivity contribution < 1.29 is 9.59 Å². The summed E-state index contributed by atoms with van der Waals surface area (Å²) >= 11 is 0. The van der Waals surface area contributed by atoms with Crippen LogP contribution in [0.4, 0.5) is 0 Å². The van der Waals surface area contributed by atoms with Gasteiger partial charge in [0.15, 0.2) is 0 Å². The first-order valence-electron chi connectivity index (χ1n) is 9.44. The largest absolute Gasteiger partial charge is 0.341 e. The van der Waals surface area contributed by atoms with E-state index in [2.05, 4.69) is 0 Å². The maximum atomic E-state index is 13.0. The summed E-state index contributed by atoms with van der Waals surface area (Å²) in [5, 5.41) is 0. The van der Waals surface area contributed by atoms with Crippen LogP contribution in [0.2, 0.25) is 0 Å². The predicted molar refractivity (Wildman–Crippen MR) is 97.8 cm³/mol.